The van der Waals surface area contributed by atoms with E-state index in [2.05, 4.69) is 5.32 Å². The molecule has 0 bridgehead atoms. The molecule has 0 radical (unpaired) electrons. The number of halogens is 2. The second kappa shape index (κ2) is 6.95. The fourth-order valence-corrected chi connectivity index (χ4v) is 2.05. The molecule has 1 atom stereocenters. The molecule has 5 nitrogen and oxygen atoms in total. The third-order valence-electron chi connectivity index (χ3n) is 2.50. The van der Waals surface area contributed by atoms with Gasteiger partial charge in [-0.25, -0.2) is 4.79 Å². The largest absolute Gasteiger partial charge is 0.496 e. The topological polar surface area (TPSA) is 75.6 Å². The molecule has 0 heterocycles. The van der Waals surface area contributed by atoms with Crippen LogP contribution < -0.4 is 10.1 Å². The summed E-state index contributed by atoms with van der Waals surface area (Å²) in [6.07, 6.45) is 0.293. The lowest BCUT2D eigenvalue weighted by molar-refractivity contribution is -0.139. The molecule has 0 saturated heterocycles. The number of benzene rings is 1. The third-order valence-corrected chi connectivity index (χ3v) is 4.02. The number of rotatable bonds is 5. The van der Waals surface area contributed by atoms with Gasteiger partial charge >= 0.3 is 5.97 Å². The van der Waals surface area contributed by atoms with Gasteiger partial charge in [0.2, 0.25) is 0 Å². The SMILES string of the molecule is CC[C@H](NC(=O)c1cc(Cl)c(I)cc1OC)C(=O)O. The molecular weight excluding hydrogens is 384 g/mol. The number of methoxy groups -OCH3 is 1. The molecule has 2 N–H and O–H groups in total. The lowest BCUT2D eigenvalue weighted by Gasteiger charge is -2.14. The van der Waals surface area contributed by atoms with Crippen LogP contribution in [0.4, 0.5) is 0 Å². The molecule has 7 heteroatoms. The van der Waals surface area contributed by atoms with Gasteiger partial charge in [-0.05, 0) is 41.1 Å². The first-order valence-corrected chi connectivity index (χ1v) is 6.93. The van der Waals surface area contributed by atoms with Gasteiger partial charge in [0.25, 0.3) is 5.91 Å². The summed E-state index contributed by atoms with van der Waals surface area (Å²) in [7, 11) is 1.44. The van der Waals surface area contributed by atoms with Gasteiger partial charge in [0, 0.05) is 3.57 Å². The van der Waals surface area contributed by atoms with Crippen molar-refractivity contribution in [1.29, 1.82) is 0 Å². The first kappa shape index (κ1) is 16.0. The first-order chi connectivity index (χ1) is 8.90. The van der Waals surface area contributed by atoms with Crippen LogP contribution in [-0.2, 0) is 4.79 Å². The Labute approximate surface area is 129 Å². The maximum atomic E-state index is 12.0. The van der Waals surface area contributed by atoms with Crippen LogP contribution >= 0.6 is 34.2 Å². The standard InChI is InChI=1S/C12H13ClINO4/c1-3-9(12(17)18)15-11(16)6-4-7(13)8(14)5-10(6)19-2/h4-5,9H,3H2,1-2H3,(H,15,16)(H,17,18)/t9-/m0/s1. The molecule has 0 spiro atoms. The van der Waals surface area contributed by atoms with Crippen molar-refractivity contribution in [2.45, 2.75) is 19.4 Å². The Morgan fingerprint density at radius 2 is 2.16 bits per heavy atom. The van der Waals surface area contributed by atoms with Crippen molar-refractivity contribution in [3.63, 3.8) is 0 Å². The lowest BCUT2D eigenvalue weighted by Crippen LogP contribution is -2.40. The molecule has 0 aliphatic heterocycles. The van der Waals surface area contributed by atoms with Crippen molar-refractivity contribution in [3.05, 3.63) is 26.3 Å². The monoisotopic (exact) mass is 397 g/mol. The van der Waals surface area contributed by atoms with Gasteiger partial charge in [-0.2, -0.15) is 0 Å². The summed E-state index contributed by atoms with van der Waals surface area (Å²) in [5, 5.41) is 11.8. The van der Waals surface area contributed by atoms with E-state index < -0.39 is 17.9 Å². The van der Waals surface area contributed by atoms with Crippen LogP contribution in [0.1, 0.15) is 23.7 Å². The Bertz CT molecular complexity index is 507. The number of hydrogen-bond acceptors (Lipinski definition) is 3. The van der Waals surface area contributed by atoms with E-state index in [-0.39, 0.29) is 5.56 Å². The molecule has 1 aromatic carbocycles. The van der Waals surface area contributed by atoms with Crippen molar-refractivity contribution in [2.75, 3.05) is 7.11 Å². The van der Waals surface area contributed by atoms with Gasteiger partial charge in [0.1, 0.15) is 11.8 Å². The molecule has 1 aromatic rings. The molecular formula is C12H13ClINO4. The van der Waals surface area contributed by atoms with Gasteiger partial charge in [0.05, 0.1) is 17.7 Å². The van der Waals surface area contributed by atoms with Gasteiger partial charge in [-0.15, -0.1) is 0 Å². The molecule has 1 rings (SSSR count). The van der Waals surface area contributed by atoms with Crippen LogP contribution in [0.3, 0.4) is 0 Å². The van der Waals surface area contributed by atoms with E-state index in [9.17, 15) is 9.59 Å². The van der Waals surface area contributed by atoms with E-state index in [4.69, 9.17) is 21.4 Å². The highest BCUT2D eigenvalue weighted by Crippen LogP contribution is 2.28. The van der Waals surface area contributed by atoms with E-state index in [1.807, 2.05) is 22.6 Å². The van der Waals surface area contributed by atoms with Crippen molar-refractivity contribution in [1.82, 2.24) is 5.32 Å². The average molecular weight is 398 g/mol. The Kier molecular flexibility index (Phi) is 5.86. The Morgan fingerprint density at radius 3 is 2.63 bits per heavy atom. The second-order valence-electron chi connectivity index (χ2n) is 3.74. The molecule has 0 saturated carbocycles. The highest BCUT2D eigenvalue weighted by molar-refractivity contribution is 14.1. The minimum Gasteiger partial charge on any atom is -0.496 e. The number of hydrogen-bond donors (Lipinski definition) is 2. The Balaban J connectivity index is 3.05. The number of carbonyl (C=O) groups excluding carboxylic acids is 1. The van der Waals surface area contributed by atoms with Crippen LogP contribution in [0, 0.1) is 3.57 Å². The minimum atomic E-state index is -1.08. The summed E-state index contributed by atoms with van der Waals surface area (Å²) in [4.78, 5) is 22.9. The van der Waals surface area contributed by atoms with Gasteiger partial charge < -0.3 is 15.2 Å². The van der Waals surface area contributed by atoms with E-state index in [0.29, 0.717) is 17.2 Å². The fourth-order valence-electron chi connectivity index (χ4n) is 1.45. The zero-order chi connectivity index (χ0) is 14.6. The van der Waals surface area contributed by atoms with E-state index in [1.54, 1.807) is 13.0 Å². The normalized spacial score (nSPS) is 11.8. The zero-order valence-corrected chi connectivity index (χ0v) is 13.3. The maximum Gasteiger partial charge on any atom is 0.326 e. The van der Waals surface area contributed by atoms with Crippen LogP contribution in [0.2, 0.25) is 5.02 Å². The summed E-state index contributed by atoms with van der Waals surface area (Å²) in [6.45, 7) is 1.68. The summed E-state index contributed by atoms with van der Waals surface area (Å²) < 4.78 is 5.85. The second-order valence-corrected chi connectivity index (χ2v) is 5.31. The molecule has 0 aliphatic rings. The van der Waals surface area contributed by atoms with E-state index in [0.717, 1.165) is 3.57 Å². The number of amides is 1. The predicted molar refractivity (Wildman–Crippen MR) is 79.9 cm³/mol. The molecule has 104 valence electrons. The van der Waals surface area contributed by atoms with Crippen molar-refractivity contribution in [3.8, 4) is 5.75 Å². The maximum absolute atomic E-state index is 12.0. The van der Waals surface area contributed by atoms with Crippen LogP contribution in [0.15, 0.2) is 12.1 Å². The molecule has 0 aromatic heterocycles. The molecule has 0 fully saturated rings. The molecule has 1 amide bonds. The highest BCUT2D eigenvalue weighted by atomic mass is 127. The fraction of sp³-hybridized carbons (Fsp3) is 0.333. The number of carboxylic acids is 1. The number of nitrogens with one attached hydrogen (secondary N) is 1. The Hall–Kier alpha value is -1.02. The highest BCUT2D eigenvalue weighted by Gasteiger charge is 2.21. The smallest absolute Gasteiger partial charge is 0.326 e. The molecule has 0 unspecified atom stereocenters. The Morgan fingerprint density at radius 1 is 1.53 bits per heavy atom. The van der Waals surface area contributed by atoms with Crippen LogP contribution in [-0.4, -0.2) is 30.1 Å². The average Bonchev–Trinajstić information content (AvgIpc) is 2.37. The van der Waals surface area contributed by atoms with Gasteiger partial charge in [-0.1, -0.05) is 18.5 Å². The molecule has 19 heavy (non-hydrogen) atoms. The predicted octanol–water partition coefficient (Wildman–Crippen LogP) is 2.55. The van der Waals surface area contributed by atoms with E-state index >= 15 is 0 Å². The quantitative estimate of drug-likeness (QED) is 0.749. The third kappa shape index (κ3) is 3.97. The summed E-state index contributed by atoms with van der Waals surface area (Å²) >= 11 is 7.98. The van der Waals surface area contributed by atoms with E-state index in [1.165, 1.54) is 13.2 Å². The van der Waals surface area contributed by atoms with Crippen molar-refractivity contribution >= 4 is 46.1 Å². The number of carboxylic acid groups (broad SMARTS) is 1. The summed E-state index contributed by atoms with van der Waals surface area (Å²) in [6, 6.07) is 2.15. The number of ether oxygens (including phenoxy) is 1. The zero-order valence-electron chi connectivity index (χ0n) is 10.4. The molecule has 0 aliphatic carbocycles. The van der Waals surface area contributed by atoms with Gasteiger partial charge in [-0.3, -0.25) is 4.79 Å². The van der Waals surface area contributed by atoms with Crippen LogP contribution in [0.25, 0.3) is 0 Å². The first-order valence-electron chi connectivity index (χ1n) is 5.47. The lowest BCUT2D eigenvalue weighted by atomic mass is 10.1. The summed E-state index contributed by atoms with van der Waals surface area (Å²) in [5.74, 6) is -1.25. The number of carbonyl (C=O) groups is 2. The summed E-state index contributed by atoms with van der Waals surface area (Å²) in [5.41, 5.74) is 0.215. The van der Waals surface area contributed by atoms with Crippen molar-refractivity contribution in [2.24, 2.45) is 0 Å². The van der Waals surface area contributed by atoms with Crippen molar-refractivity contribution < 1.29 is 19.4 Å². The number of aliphatic carboxylic acids is 1. The minimum absolute atomic E-state index is 0.215. The van der Waals surface area contributed by atoms with Gasteiger partial charge in [0.15, 0.2) is 0 Å². The van der Waals surface area contributed by atoms with Crippen LogP contribution in [0.5, 0.6) is 5.75 Å².